The second-order valence-electron chi connectivity index (χ2n) is 3.50. The molecule has 0 saturated carbocycles. The number of hydrogen-bond donors (Lipinski definition) is 1. The number of ether oxygens (including phenoxy) is 3. The van der Waals surface area contributed by atoms with Crippen LogP contribution in [0.4, 0.5) is 10.5 Å². The summed E-state index contributed by atoms with van der Waals surface area (Å²) in [5.74, 6) is 1.50. The van der Waals surface area contributed by atoms with E-state index in [9.17, 15) is 4.79 Å². The zero-order valence-electron chi connectivity index (χ0n) is 11.2. The zero-order valence-corrected chi connectivity index (χ0v) is 11.2. The molecule has 1 N–H and O–H groups in total. The molecule has 0 fully saturated rings. The second kappa shape index (κ2) is 6.00. The topological polar surface area (TPSA) is 60.0 Å². The number of amides is 2. The number of anilines is 1. The Kier molecular flexibility index (Phi) is 4.65. The molecule has 0 spiro atoms. The number of rotatable bonds is 4. The van der Waals surface area contributed by atoms with Crippen LogP contribution in [-0.4, -0.2) is 41.5 Å². The fraction of sp³-hybridized carbons (Fsp3) is 0.417. The van der Waals surface area contributed by atoms with E-state index < -0.39 is 0 Å². The smallest absolute Gasteiger partial charge is 0.321 e. The molecule has 0 aromatic heterocycles. The average Bonchev–Trinajstić information content (AvgIpc) is 2.43. The van der Waals surface area contributed by atoms with Crippen LogP contribution in [0.1, 0.15) is 0 Å². The molecule has 6 heteroatoms. The predicted octanol–water partition coefficient (Wildman–Crippen LogP) is 1.49. The second-order valence-corrected chi connectivity index (χ2v) is 3.50. The van der Waals surface area contributed by atoms with Crippen LogP contribution in [0, 0.1) is 0 Å². The minimum atomic E-state index is -0.232. The van der Waals surface area contributed by atoms with Gasteiger partial charge in [0.2, 0.25) is 5.75 Å². The van der Waals surface area contributed by atoms with Crippen molar-refractivity contribution in [2.24, 2.45) is 0 Å². The first kappa shape index (κ1) is 14.0. The van der Waals surface area contributed by atoms with Gasteiger partial charge in [0.25, 0.3) is 0 Å². The van der Waals surface area contributed by atoms with Gasteiger partial charge in [-0.25, -0.2) is 4.79 Å². The van der Waals surface area contributed by atoms with E-state index in [2.05, 4.69) is 5.32 Å². The maximum atomic E-state index is 11.6. The summed E-state index contributed by atoms with van der Waals surface area (Å²) in [6, 6.07) is 3.18. The van der Waals surface area contributed by atoms with Crippen LogP contribution in [-0.2, 0) is 0 Å². The van der Waals surface area contributed by atoms with Gasteiger partial charge in [-0.3, -0.25) is 4.90 Å². The van der Waals surface area contributed by atoms with E-state index in [1.54, 1.807) is 26.2 Å². The molecule has 100 valence electrons. The minimum absolute atomic E-state index is 0.232. The first-order valence-electron chi connectivity index (χ1n) is 5.34. The van der Waals surface area contributed by atoms with Crippen molar-refractivity contribution in [1.82, 2.24) is 5.32 Å². The average molecular weight is 254 g/mol. The standard InChI is InChI=1S/C12H18N2O4/c1-13-12(15)14(2)8-6-9(16-3)11(18-5)10(7-8)17-4/h6-7H,1-5H3,(H,13,15). The number of carbonyl (C=O) groups excluding carboxylic acids is 1. The molecule has 0 atom stereocenters. The van der Waals surface area contributed by atoms with Crippen molar-refractivity contribution < 1.29 is 19.0 Å². The summed E-state index contributed by atoms with van der Waals surface area (Å²) in [6.07, 6.45) is 0. The SMILES string of the molecule is CNC(=O)N(C)c1cc(OC)c(OC)c(OC)c1. The van der Waals surface area contributed by atoms with Gasteiger partial charge in [0.05, 0.1) is 27.0 Å². The first-order chi connectivity index (χ1) is 8.58. The zero-order chi connectivity index (χ0) is 13.7. The van der Waals surface area contributed by atoms with Crippen LogP contribution in [0.3, 0.4) is 0 Å². The van der Waals surface area contributed by atoms with Gasteiger partial charge in [-0.05, 0) is 0 Å². The summed E-state index contributed by atoms with van der Waals surface area (Å²) in [5.41, 5.74) is 0.642. The fourth-order valence-corrected chi connectivity index (χ4v) is 1.55. The van der Waals surface area contributed by atoms with Crippen LogP contribution in [0.15, 0.2) is 12.1 Å². The van der Waals surface area contributed by atoms with Crippen molar-refractivity contribution in [3.05, 3.63) is 12.1 Å². The highest BCUT2D eigenvalue weighted by Crippen LogP contribution is 2.40. The van der Waals surface area contributed by atoms with Gasteiger partial charge in [0, 0.05) is 26.2 Å². The van der Waals surface area contributed by atoms with E-state index in [0.29, 0.717) is 22.9 Å². The van der Waals surface area contributed by atoms with Crippen LogP contribution < -0.4 is 24.4 Å². The number of benzene rings is 1. The minimum Gasteiger partial charge on any atom is -0.493 e. The van der Waals surface area contributed by atoms with Crippen LogP contribution >= 0.6 is 0 Å². The molecule has 1 aromatic rings. The number of hydrogen-bond acceptors (Lipinski definition) is 4. The first-order valence-corrected chi connectivity index (χ1v) is 5.34. The monoisotopic (exact) mass is 254 g/mol. The third kappa shape index (κ3) is 2.58. The van der Waals surface area contributed by atoms with Gasteiger partial charge in [0.15, 0.2) is 11.5 Å². The van der Waals surface area contributed by atoms with Gasteiger partial charge in [-0.1, -0.05) is 0 Å². The Bertz CT molecular complexity index is 409. The maximum Gasteiger partial charge on any atom is 0.321 e. The summed E-state index contributed by atoms with van der Waals surface area (Å²) in [5, 5.41) is 2.54. The van der Waals surface area contributed by atoms with E-state index in [0.717, 1.165) is 0 Å². The Morgan fingerprint density at radius 3 is 1.94 bits per heavy atom. The Morgan fingerprint density at radius 2 is 1.61 bits per heavy atom. The highest BCUT2D eigenvalue weighted by Gasteiger charge is 2.17. The summed E-state index contributed by atoms with van der Waals surface area (Å²) in [7, 11) is 7.81. The quantitative estimate of drug-likeness (QED) is 0.884. The number of nitrogens with one attached hydrogen (secondary N) is 1. The lowest BCUT2D eigenvalue weighted by atomic mass is 10.2. The van der Waals surface area contributed by atoms with Crippen molar-refractivity contribution in [3.63, 3.8) is 0 Å². The highest BCUT2D eigenvalue weighted by molar-refractivity contribution is 5.92. The van der Waals surface area contributed by atoms with E-state index >= 15 is 0 Å². The lowest BCUT2D eigenvalue weighted by Gasteiger charge is -2.20. The molecule has 0 radical (unpaired) electrons. The molecule has 2 amide bonds. The predicted molar refractivity (Wildman–Crippen MR) is 69.0 cm³/mol. The van der Waals surface area contributed by atoms with Gasteiger partial charge < -0.3 is 19.5 Å². The van der Waals surface area contributed by atoms with E-state index in [1.165, 1.54) is 26.2 Å². The molecule has 0 aliphatic rings. The molecule has 0 bridgehead atoms. The maximum absolute atomic E-state index is 11.6. The molecule has 0 unspecified atom stereocenters. The third-order valence-electron chi connectivity index (χ3n) is 2.56. The van der Waals surface area contributed by atoms with Crippen molar-refractivity contribution >= 4 is 11.7 Å². The van der Waals surface area contributed by atoms with Gasteiger partial charge >= 0.3 is 6.03 Å². The van der Waals surface area contributed by atoms with E-state index in [1.807, 2.05) is 0 Å². The summed E-state index contributed by atoms with van der Waals surface area (Å²) in [6.45, 7) is 0. The molecular formula is C12H18N2O4. The lowest BCUT2D eigenvalue weighted by molar-refractivity contribution is 0.249. The molecular weight excluding hydrogens is 236 g/mol. The Hall–Kier alpha value is -2.11. The molecule has 0 aliphatic carbocycles. The Balaban J connectivity index is 3.27. The van der Waals surface area contributed by atoms with Gasteiger partial charge in [-0.15, -0.1) is 0 Å². The van der Waals surface area contributed by atoms with Gasteiger partial charge in [-0.2, -0.15) is 0 Å². The van der Waals surface area contributed by atoms with Crippen molar-refractivity contribution in [1.29, 1.82) is 0 Å². The molecule has 0 saturated heterocycles. The third-order valence-corrected chi connectivity index (χ3v) is 2.56. The van der Waals surface area contributed by atoms with E-state index in [-0.39, 0.29) is 6.03 Å². The van der Waals surface area contributed by atoms with Crippen molar-refractivity contribution in [3.8, 4) is 17.2 Å². The van der Waals surface area contributed by atoms with Crippen LogP contribution in [0.25, 0.3) is 0 Å². The summed E-state index contributed by atoms with van der Waals surface area (Å²) >= 11 is 0. The largest absolute Gasteiger partial charge is 0.493 e. The Labute approximate surface area is 106 Å². The molecule has 0 aliphatic heterocycles. The molecule has 1 aromatic carbocycles. The number of carbonyl (C=O) groups is 1. The van der Waals surface area contributed by atoms with Gasteiger partial charge in [0.1, 0.15) is 0 Å². The highest BCUT2D eigenvalue weighted by atomic mass is 16.5. The van der Waals surface area contributed by atoms with E-state index in [4.69, 9.17) is 14.2 Å². The lowest BCUT2D eigenvalue weighted by Crippen LogP contribution is -2.34. The molecule has 0 heterocycles. The van der Waals surface area contributed by atoms with Crippen molar-refractivity contribution in [2.75, 3.05) is 40.3 Å². The van der Waals surface area contributed by atoms with Crippen LogP contribution in [0.2, 0.25) is 0 Å². The summed E-state index contributed by atoms with van der Waals surface area (Å²) < 4.78 is 15.6. The molecule has 6 nitrogen and oxygen atoms in total. The number of nitrogens with zero attached hydrogens (tertiary/aromatic N) is 1. The van der Waals surface area contributed by atoms with Crippen molar-refractivity contribution in [2.45, 2.75) is 0 Å². The number of urea groups is 1. The molecule has 1 rings (SSSR count). The normalized spacial score (nSPS) is 9.61. The van der Waals surface area contributed by atoms with Crippen LogP contribution in [0.5, 0.6) is 17.2 Å². The molecule has 18 heavy (non-hydrogen) atoms. The number of methoxy groups -OCH3 is 3. The fourth-order valence-electron chi connectivity index (χ4n) is 1.55. The Morgan fingerprint density at radius 1 is 1.11 bits per heavy atom. The summed E-state index contributed by atoms with van der Waals surface area (Å²) in [4.78, 5) is 13.0.